The van der Waals surface area contributed by atoms with E-state index in [1.165, 1.54) is 18.2 Å². The molecule has 0 amide bonds. The van der Waals surface area contributed by atoms with Gasteiger partial charge >= 0.3 is 0 Å². The van der Waals surface area contributed by atoms with Crippen molar-refractivity contribution < 1.29 is 14.3 Å². The molecular formula is C21H25FN2O2. The normalized spacial score (nSPS) is 12.7. The predicted molar refractivity (Wildman–Crippen MR) is 101 cm³/mol. The van der Waals surface area contributed by atoms with Crippen molar-refractivity contribution in [3.8, 4) is 11.3 Å². The van der Waals surface area contributed by atoms with Crippen LogP contribution in [0.3, 0.4) is 0 Å². The highest BCUT2D eigenvalue weighted by molar-refractivity contribution is 5.95. The molecule has 5 heteroatoms. The third-order valence-corrected chi connectivity index (χ3v) is 4.10. The van der Waals surface area contributed by atoms with E-state index in [-0.39, 0.29) is 23.9 Å². The summed E-state index contributed by atoms with van der Waals surface area (Å²) in [6.45, 7) is 7.70. The topological polar surface area (TPSA) is 63.1 Å². The van der Waals surface area contributed by atoms with Crippen LogP contribution in [0.5, 0.6) is 0 Å². The second kappa shape index (κ2) is 8.81. The third-order valence-electron chi connectivity index (χ3n) is 4.10. The molecule has 2 rings (SSSR count). The summed E-state index contributed by atoms with van der Waals surface area (Å²) < 4.78 is 13.3. The van der Waals surface area contributed by atoms with Gasteiger partial charge in [-0.3, -0.25) is 4.79 Å². The predicted octanol–water partition coefficient (Wildman–Crippen LogP) is 4.46. The zero-order valence-corrected chi connectivity index (χ0v) is 15.7. The SMILES string of the molecule is CCC(O)CC(=O)/C=C/c1c(-c2ccc(F)cc2)nc(C)nc1C(C)C. The maximum Gasteiger partial charge on any atom is 0.158 e. The number of hydrogen-bond donors (Lipinski definition) is 1. The minimum Gasteiger partial charge on any atom is -0.393 e. The molecule has 1 unspecified atom stereocenters. The van der Waals surface area contributed by atoms with Gasteiger partial charge in [0.25, 0.3) is 0 Å². The second-order valence-electron chi connectivity index (χ2n) is 6.65. The molecular weight excluding hydrogens is 331 g/mol. The molecule has 0 saturated carbocycles. The third kappa shape index (κ3) is 5.05. The summed E-state index contributed by atoms with van der Waals surface area (Å²) in [7, 11) is 0. The van der Waals surface area contributed by atoms with Crippen LogP contribution in [-0.4, -0.2) is 27.0 Å². The van der Waals surface area contributed by atoms with E-state index in [1.807, 2.05) is 27.7 Å². The number of carbonyl (C=O) groups is 1. The average molecular weight is 356 g/mol. The molecule has 26 heavy (non-hydrogen) atoms. The Hall–Kier alpha value is -2.40. The van der Waals surface area contributed by atoms with Crippen LogP contribution < -0.4 is 0 Å². The van der Waals surface area contributed by atoms with Crippen molar-refractivity contribution in [1.82, 2.24) is 9.97 Å². The number of halogens is 1. The smallest absolute Gasteiger partial charge is 0.158 e. The molecule has 1 atom stereocenters. The number of ketones is 1. The van der Waals surface area contributed by atoms with Gasteiger partial charge in [-0.15, -0.1) is 0 Å². The number of aryl methyl sites for hydroxylation is 1. The van der Waals surface area contributed by atoms with Gasteiger partial charge in [0.1, 0.15) is 11.6 Å². The molecule has 0 aliphatic carbocycles. The lowest BCUT2D eigenvalue weighted by Crippen LogP contribution is -2.10. The molecule has 0 spiro atoms. The van der Waals surface area contributed by atoms with Crippen molar-refractivity contribution in [1.29, 1.82) is 0 Å². The number of carbonyl (C=O) groups excluding carboxylic acids is 1. The molecule has 0 fully saturated rings. The van der Waals surface area contributed by atoms with Crippen LogP contribution in [0.4, 0.5) is 4.39 Å². The van der Waals surface area contributed by atoms with Crippen molar-refractivity contribution in [2.24, 2.45) is 0 Å². The van der Waals surface area contributed by atoms with E-state index in [1.54, 1.807) is 18.2 Å². The summed E-state index contributed by atoms with van der Waals surface area (Å²) in [5, 5.41) is 9.65. The van der Waals surface area contributed by atoms with E-state index in [2.05, 4.69) is 9.97 Å². The van der Waals surface area contributed by atoms with Gasteiger partial charge in [-0.05, 0) is 55.7 Å². The van der Waals surface area contributed by atoms with E-state index in [4.69, 9.17) is 0 Å². The van der Waals surface area contributed by atoms with Crippen LogP contribution in [0.1, 0.15) is 56.6 Å². The number of benzene rings is 1. The lowest BCUT2D eigenvalue weighted by molar-refractivity contribution is -0.116. The average Bonchev–Trinajstić information content (AvgIpc) is 2.60. The summed E-state index contributed by atoms with van der Waals surface area (Å²) in [4.78, 5) is 21.1. The van der Waals surface area contributed by atoms with Crippen molar-refractivity contribution in [3.05, 3.63) is 53.2 Å². The van der Waals surface area contributed by atoms with Gasteiger partial charge in [-0.1, -0.05) is 20.8 Å². The van der Waals surface area contributed by atoms with Gasteiger partial charge in [-0.25, -0.2) is 14.4 Å². The highest BCUT2D eigenvalue weighted by Gasteiger charge is 2.16. The Labute approximate surface area is 153 Å². The van der Waals surface area contributed by atoms with Crippen molar-refractivity contribution >= 4 is 11.9 Å². The molecule has 0 aliphatic rings. The van der Waals surface area contributed by atoms with E-state index in [9.17, 15) is 14.3 Å². The molecule has 0 radical (unpaired) electrons. The summed E-state index contributed by atoms with van der Waals surface area (Å²) in [6, 6.07) is 6.11. The summed E-state index contributed by atoms with van der Waals surface area (Å²) in [6.07, 6.45) is 3.15. The molecule has 0 saturated heterocycles. The van der Waals surface area contributed by atoms with Gasteiger partial charge < -0.3 is 5.11 Å². The zero-order chi connectivity index (χ0) is 19.3. The summed E-state index contributed by atoms with van der Waals surface area (Å²) >= 11 is 0. The van der Waals surface area contributed by atoms with Crippen molar-refractivity contribution in [2.75, 3.05) is 0 Å². The molecule has 0 bridgehead atoms. The number of aliphatic hydroxyl groups is 1. The lowest BCUT2D eigenvalue weighted by atomic mass is 9.97. The molecule has 138 valence electrons. The number of nitrogens with zero attached hydrogens (tertiary/aromatic N) is 2. The van der Waals surface area contributed by atoms with Crippen LogP contribution in [0.25, 0.3) is 17.3 Å². The fourth-order valence-electron chi connectivity index (χ4n) is 2.66. The van der Waals surface area contributed by atoms with Crippen LogP contribution in [-0.2, 0) is 4.79 Å². The number of hydrogen-bond acceptors (Lipinski definition) is 4. The van der Waals surface area contributed by atoms with Gasteiger partial charge in [0, 0.05) is 17.5 Å². The molecule has 1 aromatic carbocycles. The van der Waals surface area contributed by atoms with Gasteiger partial charge in [0.05, 0.1) is 17.5 Å². The Balaban J connectivity index is 2.51. The van der Waals surface area contributed by atoms with Crippen LogP contribution >= 0.6 is 0 Å². The second-order valence-corrected chi connectivity index (χ2v) is 6.65. The van der Waals surface area contributed by atoms with Gasteiger partial charge in [-0.2, -0.15) is 0 Å². The Morgan fingerprint density at radius 3 is 2.46 bits per heavy atom. The Bertz CT molecular complexity index is 798. The standard InChI is InChI=1S/C21H25FN2O2/c1-5-17(25)12-18(26)10-11-19-20(13(2)3)23-14(4)24-21(19)15-6-8-16(22)9-7-15/h6-11,13,17,25H,5,12H2,1-4H3/b11-10+. The summed E-state index contributed by atoms with van der Waals surface area (Å²) in [5.41, 5.74) is 3.01. The maximum atomic E-state index is 13.3. The van der Waals surface area contributed by atoms with Crippen LogP contribution in [0.15, 0.2) is 30.3 Å². The molecule has 1 aromatic heterocycles. The number of rotatable bonds is 7. The van der Waals surface area contributed by atoms with E-state index in [0.717, 1.165) is 16.8 Å². The van der Waals surface area contributed by atoms with E-state index >= 15 is 0 Å². The minimum absolute atomic E-state index is 0.0859. The molecule has 1 heterocycles. The highest BCUT2D eigenvalue weighted by atomic mass is 19.1. The van der Waals surface area contributed by atoms with Gasteiger partial charge in [0.2, 0.25) is 0 Å². The van der Waals surface area contributed by atoms with E-state index < -0.39 is 6.10 Å². The Morgan fingerprint density at radius 2 is 1.88 bits per heavy atom. The van der Waals surface area contributed by atoms with Crippen molar-refractivity contribution in [2.45, 2.75) is 52.6 Å². The first-order chi connectivity index (χ1) is 12.3. The first kappa shape index (κ1) is 19.9. The maximum absolute atomic E-state index is 13.3. The first-order valence-corrected chi connectivity index (χ1v) is 8.85. The quantitative estimate of drug-likeness (QED) is 0.744. The number of aromatic nitrogens is 2. The zero-order valence-electron chi connectivity index (χ0n) is 15.7. The minimum atomic E-state index is -0.637. The molecule has 0 aliphatic heterocycles. The Morgan fingerprint density at radius 1 is 1.23 bits per heavy atom. The van der Waals surface area contributed by atoms with Crippen molar-refractivity contribution in [3.63, 3.8) is 0 Å². The van der Waals surface area contributed by atoms with E-state index in [0.29, 0.717) is 17.9 Å². The first-order valence-electron chi connectivity index (χ1n) is 8.85. The van der Waals surface area contributed by atoms with Crippen LogP contribution in [0.2, 0.25) is 0 Å². The Kier molecular flexibility index (Phi) is 6.75. The fraction of sp³-hybridized carbons (Fsp3) is 0.381. The molecule has 1 N–H and O–H groups in total. The molecule has 2 aromatic rings. The monoisotopic (exact) mass is 356 g/mol. The number of allylic oxidation sites excluding steroid dienone is 1. The van der Waals surface area contributed by atoms with Gasteiger partial charge in [0.15, 0.2) is 5.78 Å². The molecule has 4 nitrogen and oxygen atoms in total. The highest BCUT2D eigenvalue weighted by Crippen LogP contribution is 2.29. The number of aliphatic hydroxyl groups excluding tert-OH is 1. The lowest BCUT2D eigenvalue weighted by Gasteiger charge is -2.14. The van der Waals surface area contributed by atoms with Crippen LogP contribution in [0, 0.1) is 12.7 Å². The fourth-order valence-corrected chi connectivity index (χ4v) is 2.66. The largest absolute Gasteiger partial charge is 0.393 e. The summed E-state index contributed by atoms with van der Waals surface area (Å²) in [5.74, 6) is 0.286.